The second kappa shape index (κ2) is 6.11. The number of rotatable bonds is 7. The van der Waals surface area contributed by atoms with Crippen molar-refractivity contribution in [2.45, 2.75) is 58.5 Å². The minimum absolute atomic E-state index is 0.287. The number of halogens is 3. The Morgan fingerprint density at radius 2 is 1.44 bits per heavy atom. The van der Waals surface area contributed by atoms with E-state index in [1.165, 1.54) is 0 Å². The van der Waals surface area contributed by atoms with Crippen LogP contribution >= 0.6 is 0 Å². The molecule has 0 aromatic carbocycles. The van der Waals surface area contributed by atoms with Crippen molar-refractivity contribution in [1.82, 2.24) is 0 Å². The highest BCUT2D eigenvalue weighted by molar-refractivity contribution is 5.75. The molecule has 0 rings (SSSR count). The zero-order valence-corrected chi connectivity index (χ0v) is 9.73. The first-order valence-corrected chi connectivity index (χ1v) is 5.62. The molecule has 0 atom stereocenters. The van der Waals surface area contributed by atoms with Crippen molar-refractivity contribution in [3.05, 3.63) is 0 Å². The van der Waals surface area contributed by atoms with Gasteiger partial charge in [0.05, 0.1) is 0 Å². The van der Waals surface area contributed by atoms with E-state index in [0.717, 1.165) is 0 Å². The van der Waals surface area contributed by atoms with E-state index in [2.05, 4.69) is 0 Å². The van der Waals surface area contributed by atoms with Gasteiger partial charge in [0, 0.05) is 0 Å². The van der Waals surface area contributed by atoms with Gasteiger partial charge in [0.15, 0.2) is 5.41 Å². The summed E-state index contributed by atoms with van der Waals surface area (Å²) >= 11 is 0. The lowest BCUT2D eigenvalue weighted by atomic mass is 9.77. The Morgan fingerprint density at radius 3 is 1.62 bits per heavy atom. The lowest BCUT2D eigenvalue weighted by Gasteiger charge is -2.31. The fourth-order valence-electron chi connectivity index (χ4n) is 1.70. The first kappa shape index (κ1) is 15.3. The number of unbranched alkanes of at least 4 members (excludes halogenated alkanes) is 2. The van der Waals surface area contributed by atoms with Crippen molar-refractivity contribution in [3.63, 3.8) is 0 Å². The standard InChI is InChI=1S/C11H19F3O2/c1-3-5-7-10(9(15)16,8-6-4-2)11(12,13)14/h3-8H2,1-2H3,(H,15,16). The lowest BCUT2D eigenvalue weighted by Crippen LogP contribution is -2.45. The van der Waals surface area contributed by atoms with Crippen LogP contribution in [0.1, 0.15) is 52.4 Å². The summed E-state index contributed by atoms with van der Waals surface area (Å²) in [7, 11) is 0. The third-order valence-corrected chi connectivity index (χ3v) is 2.87. The minimum Gasteiger partial charge on any atom is -0.481 e. The summed E-state index contributed by atoms with van der Waals surface area (Å²) in [5, 5.41) is 8.89. The SMILES string of the molecule is CCCCC(CCCC)(C(=O)O)C(F)(F)F. The van der Waals surface area contributed by atoms with Gasteiger partial charge in [-0.05, 0) is 12.8 Å². The van der Waals surface area contributed by atoms with Crippen LogP contribution < -0.4 is 0 Å². The molecular formula is C11H19F3O2. The van der Waals surface area contributed by atoms with Crippen molar-refractivity contribution in [2.75, 3.05) is 0 Å². The van der Waals surface area contributed by atoms with Gasteiger partial charge in [0.1, 0.15) is 0 Å². The molecule has 0 spiro atoms. The molecule has 16 heavy (non-hydrogen) atoms. The van der Waals surface area contributed by atoms with Crippen LogP contribution in [0.25, 0.3) is 0 Å². The van der Waals surface area contributed by atoms with Crippen molar-refractivity contribution in [1.29, 1.82) is 0 Å². The maximum Gasteiger partial charge on any atom is 0.404 e. The molecule has 0 aromatic rings. The number of hydrogen-bond donors (Lipinski definition) is 1. The van der Waals surface area contributed by atoms with Gasteiger partial charge < -0.3 is 5.11 Å². The summed E-state index contributed by atoms with van der Waals surface area (Å²) in [5.41, 5.74) is -2.54. The Hall–Kier alpha value is -0.740. The Balaban J connectivity index is 4.98. The van der Waals surface area contributed by atoms with Gasteiger partial charge in [-0.15, -0.1) is 0 Å². The number of aliphatic carboxylic acids is 1. The number of carboxylic acid groups (broad SMARTS) is 1. The molecule has 0 aliphatic rings. The molecule has 0 bridgehead atoms. The highest BCUT2D eigenvalue weighted by atomic mass is 19.4. The van der Waals surface area contributed by atoms with Crippen LogP contribution in [0.3, 0.4) is 0 Å². The van der Waals surface area contributed by atoms with E-state index in [1.807, 2.05) is 0 Å². The van der Waals surface area contributed by atoms with Gasteiger partial charge in [0.2, 0.25) is 0 Å². The highest BCUT2D eigenvalue weighted by Crippen LogP contribution is 2.46. The largest absolute Gasteiger partial charge is 0.481 e. The first-order chi connectivity index (χ1) is 7.31. The molecule has 5 heteroatoms. The molecule has 1 N–H and O–H groups in total. The smallest absolute Gasteiger partial charge is 0.404 e. The minimum atomic E-state index is -4.66. The molecule has 0 heterocycles. The van der Waals surface area contributed by atoms with Crippen LogP contribution in [0.4, 0.5) is 13.2 Å². The third kappa shape index (κ3) is 3.39. The number of hydrogen-bond acceptors (Lipinski definition) is 1. The fourth-order valence-corrected chi connectivity index (χ4v) is 1.70. The molecule has 0 aliphatic carbocycles. The molecule has 0 saturated carbocycles. The van der Waals surface area contributed by atoms with E-state index < -0.39 is 17.6 Å². The highest BCUT2D eigenvalue weighted by Gasteiger charge is 2.59. The van der Waals surface area contributed by atoms with Crippen molar-refractivity contribution in [3.8, 4) is 0 Å². The third-order valence-electron chi connectivity index (χ3n) is 2.87. The average Bonchev–Trinajstić information content (AvgIpc) is 2.16. The van der Waals surface area contributed by atoms with Crippen molar-refractivity contribution >= 4 is 5.97 Å². The molecule has 0 unspecified atom stereocenters. The molecule has 0 saturated heterocycles. The molecule has 2 nitrogen and oxygen atoms in total. The summed E-state index contributed by atoms with van der Waals surface area (Å²) in [6, 6.07) is 0. The molecule has 96 valence electrons. The van der Waals surface area contributed by atoms with Crippen LogP contribution in [0.15, 0.2) is 0 Å². The maximum atomic E-state index is 12.9. The summed E-state index contributed by atoms with van der Waals surface area (Å²) in [5.74, 6) is -1.73. The molecule has 0 aliphatic heterocycles. The van der Waals surface area contributed by atoms with E-state index in [9.17, 15) is 18.0 Å². The van der Waals surface area contributed by atoms with Crippen LogP contribution in [0.5, 0.6) is 0 Å². The molecule has 0 radical (unpaired) electrons. The average molecular weight is 240 g/mol. The zero-order valence-electron chi connectivity index (χ0n) is 9.73. The monoisotopic (exact) mass is 240 g/mol. The molecular weight excluding hydrogens is 221 g/mol. The van der Waals surface area contributed by atoms with Crippen LogP contribution in [-0.2, 0) is 4.79 Å². The van der Waals surface area contributed by atoms with Gasteiger partial charge in [-0.1, -0.05) is 39.5 Å². The maximum absolute atomic E-state index is 12.9. The Morgan fingerprint density at radius 1 is 1.06 bits per heavy atom. The summed E-state index contributed by atoms with van der Waals surface area (Å²) in [6.07, 6.45) is -3.59. The topological polar surface area (TPSA) is 37.3 Å². The predicted octanol–water partition coefficient (Wildman–Crippen LogP) is 4.00. The van der Waals surface area contributed by atoms with Crippen LogP contribution in [0, 0.1) is 5.41 Å². The van der Waals surface area contributed by atoms with Gasteiger partial charge >= 0.3 is 12.1 Å². The lowest BCUT2D eigenvalue weighted by molar-refractivity contribution is -0.236. The number of carboxylic acids is 1. The van der Waals surface area contributed by atoms with Crippen molar-refractivity contribution in [2.24, 2.45) is 5.41 Å². The van der Waals surface area contributed by atoms with E-state index in [1.54, 1.807) is 13.8 Å². The summed E-state index contributed by atoms with van der Waals surface area (Å²) < 4.78 is 38.7. The Kier molecular flexibility index (Phi) is 5.83. The Labute approximate surface area is 93.8 Å². The van der Waals surface area contributed by atoms with Gasteiger partial charge in [-0.3, -0.25) is 4.79 Å². The second-order valence-electron chi connectivity index (χ2n) is 4.09. The summed E-state index contributed by atoms with van der Waals surface area (Å²) in [6.45, 7) is 3.51. The zero-order chi connectivity index (χ0) is 12.8. The molecule has 0 aromatic heterocycles. The number of carbonyl (C=O) groups is 1. The van der Waals surface area contributed by atoms with E-state index in [4.69, 9.17) is 5.11 Å². The van der Waals surface area contributed by atoms with Gasteiger partial charge in [-0.25, -0.2) is 0 Å². The van der Waals surface area contributed by atoms with Gasteiger partial charge in [0.25, 0.3) is 0 Å². The van der Waals surface area contributed by atoms with Crippen LogP contribution in [0.2, 0.25) is 0 Å². The molecule has 0 fully saturated rings. The quantitative estimate of drug-likeness (QED) is 0.730. The predicted molar refractivity (Wildman–Crippen MR) is 55.2 cm³/mol. The fraction of sp³-hybridized carbons (Fsp3) is 0.909. The van der Waals surface area contributed by atoms with E-state index in [-0.39, 0.29) is 25.7 Å². The molecule has 0 amide bonds. The van der Waals surface area contributed by atoms with Gasteiger partial charge in [-0.2, -0.15) is 13.2 Å². The van der Waals surface area contributed by atoms with Crippen LogP contribution in [-0.4, -0.2) is 17.3 Å². The summed E-state index contributed by atoms with van der Waals surface area (Å²) in [4.78, 5) is 11.0. The normalized spacial score (nSPS) is 12.8. The Bertz CT molecular complexity index is 216. The van der Waals surface area contributed by atoms with E-state index in [0.29, 0.717) is 12.8 Å². The van der Waals surface area contributed by atoms with Crippen molar-refractivity contribution < 1.29 is 23.1 Å². The first-order valence-electron chi connectivity index (χ1n) is 5.62. The number of alkyl halides is 3. The second-order valence-corrected chi connectivity index (χ2v) is 4.09. The van der Waals surface area contributed by atoms with E-state index >= 15 is 0 Å².